The summed E-state index contributed by atoms with van der Waals surface area (Å²) >= 11 is 0. The number of hydrogen-bond donors (Lipinski definition) is 5. The molecule has 4 atom stereocenters. The van der Waals surface area contributed by atoms with Gasteiger partial charge in [0.15, 0.2) is 5.78 Å². The van der Waals surface area contributed by atoms with E-state index in [1.54, 1.807) is 12.1 Å². The zero-order valence-corrected chi connectivity index (χ0v) is 13.4. The molecule has 23 heavy (non-hydrogen) atoms. The minimum Gasteiger partial charge on any atom is -0.488 e. The van der Waals surface area contributed by atoms with Gasteiger partial charge in [0.1, 0.15) is 35.8 Å². The number of Topliss-reactive ketones (excluding diaryl/α,β-unsaturated/α-hetero) is 1. The van der Waals surface area contributed by atoms with E-state index < -0.39 is 42.4 Å². The van der Waals surface area contributed by atoms with Crippen LogP contribution in [0.1, 0.15) is 31.1 Å². The number of rotatable bonds is 7. The summed E-state index contributed by atoms with van der Waals surface area (Å²) < 4.78 is 5.60. The van der Waals surface area contributed by atoms with Crippen molar-refractivity contribution in [2.24, 2.45) is 0 Å². The number of carbonyl (C=O) groups excluding carboxylic acids is 1. The molecule has 7 nitrogen and oxygen atoms in total. The van der Waals surface area contributed by atoms with Crippen LogP contribution in [0.5, 0.6) is 5.75 Å². The van der Waals surface area contributed by atoms with Crippen molar-refractivity contribution in [1.29, 1.82) is 0 Å². The van der Waals surface area contributed by atoms with E-state index in [0.717, 1.165) is 0 Å². The SMILES string of the molecule is CC(C)(C)Oc1ccc(C(=O)[C@H](O)[C@@H](O)[C@H](O)[C@H](O)CO)cc1. The molecule has 1 aromatic carbocycles. The fourth-order valence-electron chi connectivity index (χ4n) is 1.89. The molecular weight excluding hydrogens is 304 g/mol. The predicted molar refractivity (Wildman–Crippen MR) is 82.3 cm³/mol. The molecule has 7 heteroatoms. The number of ketones is 1. The lowest BCUT2D eigenvalue weighted by Gasteiger charge is -2.25. The molecule has 0 aromatic heterocycles. The lowest BCUT2D eigenvalue weighted by atomic mass is 9.96. The Hall–Kier alpha value is -1.51. The van der Waals surface area contributed by atoms with Gasteiger partial charge in [-0.2, -0.15) is 0 Å². The van der Waals surface area contributed by atoms with E-state index in [1.807, 2.05) is 20.8 Å². The third-order valence-corrected chi connectivity index (χ3v) is 3.09. The van der Waals surface area contributed by atoms with Gasteiger partial charge in [-0.05, 0) is 45.0 Å². The van der Waals surface area contributed by atoms with E-state index in [4.69, 9.17) is 9.84 Å². The Morgan fingerprint density at radius 2 is 1.57 bits per heavy atom. The van der Waals surface area contributed by atoms with E-state index in [-0.39, 0.29) is 5.56 Å². The van der Waals surface area contributed by atoms with Gasteiger partial charge in [0.05, 0.1) is 6.61 Å². The first-order valence-corrected chi connectivity index (χ1v) is 7.23. The van der Waals surface area contributed by atoms with Crippen molar-refractivity contribution >= 4 is 5.78 Å². The highest BCUT2D eigenvalue weighted by molar-refractivity contribution is 5.99. The van der Waals surface area contributed by atoms with Crippen LogP contribution >= 0.6 is 0 Å². The van der Waals surface area contributed by atoms with Gasteiger partial charge < -0.3 is 30.3 Å². The van der Waals surface area contributed by atoms with E-state index in [0.29, 0.717) is 5.75 Å². The average molecular weight is 328 g/mol. The van der Waals surface area contributed by atoms with Gasteiger partial charge in [0.25, 0.3) is 0 Å². The molecular formula is C16H24O7. The van der Waals surface area contributed by atoms with Crippen LogP contribution in [0.4, 0.5) is 0 Å². The maximum Gasteiger partial charge on any atom is 0.194 e. The Bertz CT molecular complexity index is 506. The van der Waals surface area contributed by atoms with Crippen molar-refractivity contribution < 1.29 is 35.1 Å². The molecule has 0 saturated carbocycles. The number of benzene rings is 1. The summed E-state index contributed by atoms with van der Waals surface area (Å²) in [5.74, 6) is -0.274. The monoisotopic (exact) mass is 328 g/mol. The molecule has 0 bridgehead atoms. The topological polar surface area (TPSA) is 127 Å². The van der Waals surface area contributed by atoms with Crippen molar-refractivity contribution in [2.45, 2.75) is 50.8 Å². The van der Waals surface area contributed by atoms with Crippen LogP contribution in [-0.4, -0.2) is 67.9 Å². The third-order valence-electron chi connectivity index (χ3n) is 3.09. The standard InChI is InChI=1S/C16H24O7/c1-16(2,3)23-10-6-4-9(5-7-10)12(19)14(21)15(22)13(20)11(18)8-17/h4-7,11,13-15,17-18,20-22H,8H2,1-3H3/t11-,13-,14+,15+/m1/s1. The molecule has 0 spiro atoms. The van der Waals surface area contributed by atoms with Crippen LogP contribution in [0.2, 0.25) is 0 Å². The Labute approximate surface area is 134 Å². The molecule has 5 N–H and O–H groups in total. The summed E-state index contributed by atoms with van der Waals surface area (Å²) in [6, 6.07) is 5.95. The number of carbonyl (C=O) groups is 1. The van der Waals surface area contributed by atoms with E-state index in [9.17, 15) is 25.2 Å². The quantitative estimate of drug-likeness (QED) is 0.426. The molecule has 0 radical (unpaired) electrons. The van der Waals surface area contributed by atoms with Gasteiger partial charge in [-0.1, -0.05) is 0 Å². The number of hydrogen-bond acceptors (Lipinski definition) is 7. The average Bonchev–Trinajstić information content (AvgIpc) is 2.50. The highest BCUT2D eigenvalue weighted by Crippen LogP contribution is 2.20. The first kappa shape index (κ1) is 19.5. The lowest BCUT2D eigenvalue weighted by molar-refractivity contribution is -0.105. The molecule has 0 unspecified atom stereocenters. The molecule has 0 aliphatic carbocycles. The summed E-state index contributed by atoms with van der Waals surface area (Å²) in [7, 11) is 0. The zero-order chi connectivity index (χ0) is 17.8. The van der Waals surface area contributed by atoms with Crippen LogP contribution in [0, 0.1) is 0 Å². The molecule has 0 amide bonds. The van der Waals surface area contributed by atoms with Crippen LogP contribution in [0.15, 0.2) is 24.3 Å². The second-order valence-electron chi connectivity index (χ2n) is 6.28. The number of aliphatic hydroxyl groups is 5. The number of aliphatic hydroxyl groups excluding tert-OH is 5. The lowest BCUT2D eigenvalue weighted by Crippen LogP contribution is -2.48. The Morgan fingerprint density at radius 3 is 2.00 bits per heavy atom. The van der Waals surface area contributed by atoms with Crippen LogP contribution < -0.4 is 4.74 Å². The molecule has 0 aliphatic heterocycles. The minimum absolute atomic E-state index is 0.114. The Balaban J connectivity index is 2.80. The van der Waals surface area contributed by atoms with Gasteiger partial charge in [0.2, 0.25) is 0 Å². The highest BCUT2D eigenvalue weighted by atomic mass is 16.5. The molecule has 0 saturated heterocycles. The minimum atomic E-state index is -1.93. The van der Waals surface area contributed by atoms with Crippen molar-refractivity contribution in [2.75, 3.05) is 6.61 Å². The van der Waals surface area contributed by atoms with Crippen LogP contribution in [0.25, 0.3) is 0 Å². The third kappa shape index (κ3) is 5.56. The van der Waals surface area contributed by atoms with Gasteiger partial charge >= 0.3 is 0 Å². The van der Waals surface area contributed by atoms with Crippen molar-refractivity contribution in [3.63, 3.8) is 0 Å². The van der Waals surface area contributed by atoms with E-state index in [2.05, 4.69) is 0 Å². The fourth-order valence-corrected chi connectivity index (χ4v) is 1.89. The van der Waals surface area contributed by atoms with Crippen molar-refractivity contribution in [3.05, 3.63) is 29.8 Å². The largest absolute Gasteiger partial charge is 0.488 e. The zero-order valence-electron chi connectivity index (χ0n) is 13.4. The van der Waals surface area contributed by atoms with Gasteiger partial charge in [-0.3, -0.25) is 4.79 Å². The van der Waals surface area contributed by atoms with Crippen LogP contribution in [0.3, 0.4) is 0 Å². The molecule has 0 heterocycles. The summed E-state index contributed by atoms with van der Waals surface area (Å²) in [6.07, 6.45) is -7.35. The maximum absolute atomic E-state index is 12.1. The highest BCUT2D eigenvalue weighted by Gasteiger charge is 2.34. The maximum atomic E-state index is 12.1. The van der Waals surface area contributed by atoms with E-state index in [1.165, 1.54) is 12.1 Å². The number of ether oxygens (including phenoxy) is 1. The predicted octanol–water partition coefficient (Wildman–Crippen LogP) is -0.518. The van der Waals surface area contributed by atoms with Crippen molar-refractivity contribution in [3.8, 4) is 5.75 Å². The van der Waals surface area contributed by atoms with Gasteiger partial charge in [0, 0.05) is 5.56 Å². The van der Waals surface area contributed by atoms with Crippen molar-refractivity contribution in [1.82, 2.24) is 0 Å². The first-order chi connectivity index (χ1) is 10.6. The second kappa shape index (κ2) is 7.85. The second-order valence-corrected chi connectivity index (χ2v) is 6.28. The smallest absolute Gasteiger partial charge is 0.194 e. The van der Waals surface area contributed by atoms with Gasteiger partial charge in [-0.15, -0.1) is 0 Å². The summed E-state index contributed by atoms with van der Waals surface area (Å²) in [4.78, 5) is 12.1. The summed E-state index contributed by atoms with van der Waals surface area (Å²) in [5.41, 5.74) is -0.283. The van der Waals surface area contributed by atoms with Crippen LogP contribution in [-0.2, 0) is 0 Å². The first-order valence-electron chi connectivity index (χ1n) is 7.23. The molecule has 130 valence electrons. The summed E-state index contributed by atoms with van der Waals surface area (Å²) in [6.45, 7) is 4.82. The fraction of sp³-hybridized carbons (Fsp3) is 0.562. The Kier molecular flexibility index (Phi) is 6.67. The van der Waals surface area contributed by atoms with E-state index >= 15 is 0 Å². The Morgan fingerprint density at radius 1 is 1.04 bits per heavy atom. The molecule has 0 fully saturated rings. The molecule has 0 aliphatic rings. The molecule has 1 aromatic rings. The normalized spacial score (nSPS) is 17.2. The molecule has 1 rings (SSSR count). The summed E-state index contributed by atoms with van der Waals surface area (Å²) in [5, 5.41) is 47.0. The van der Waals surface area contributed by atoms with Gasteiger partial charge in [-0.25, -0.2) is 0 Å².